The van der Waals surface area contributed by atoms with Gasteiger partial charge in [0.15, 0.2) is 0 Å². The maximum atomic E-state index is 13.4. The van der Waals surface area contributed by atoms with Gasteiger partial charge in [-0.3, -0.25) is 4.90 Å². The third-order valence-corrected chi connectivity index (χ3v) is 3.34. The van der Waals surface area contributed by atoms with E-state index in [-0.39, 0.29) is 11.3 Å². The number of rotatable bonds is 4. The van der Waals surface area contributed by atoms with Gasteiger partial charge in [-0.1, -0.05) is 6.07 Å². The number of nitrogens with one attached hydrogen (secondary N) is 1. The Bertz CT molecular complexity index is 423. The van der Waals surface area contributed by atoms with Crippen LogP contribution in [0, 0.1) is 0 Å². The van der Waals surface area contributed by atoms with E-state index in [0.717, 1.165) is 0 Å². The Kier molecular flexibility index (Phi) is 4.55. The summed E-state index contributed by atoms with van der Waals surface area (Å²) in [5.74, 6) is 0.145. The van der Waals surface area contributed by atoms with E-state index in [0.29, 0.717) is 31.9 Å². The van der Waals surface area contributed by atoms with Crippen LogP contribution in [0.2, 0.25) is 0 Å². The standard InChI is InChI=1S/C13H18F2N2O2/c1-19-10-4-2-3-9(18)11(10)12(13(14)15)17-7-5-16-6-8-17/h2-4,12-13,16,18H,5-8H2,1H3/t12-/m0/s1. The Balaban J connectivity index is 2.38. The van der Waals surface area contributed by atoms with E-state index in [4.69, 9.17) is 4.74 Å². The molecule has 0 aliphatic carbocycles. The number of phenols is 1. The predicted octanol–water partition coefficient (Wildman–Crippen LogP) is 1.61. The summed E-state index contributed by atoms with van der Waals surface area (Å²) in [6, 6.07) is 3.44. The lowest BCUT2D eigenvalue weighted by atomic mass is 10.0. The first-order chi connectivity index (χ1) is 9.15. The minimum Gasteiger partial charge on any atom is -0.507 e. The molecule has 2 N–H and O–H groups in total. The van der Waals surface area contributed by atoms with Crippen LogP contribution in [0.5, 0.6) is 11.5 Å². The predicted molar refractivity (Wildman–Crippen MR) is 67.8 cm³/mol. The van der Waals surface area contributed by atoms with Gasteiger partial charge in [0.25, 0.3) is 6.43 Å². The van der Waals surface area contributed by atoms with Gasteiger partial charge in [-0.15, -0.1) is 0 Å². The average Bonchev–Trinajstić information content (AvgIpc) is 2.41. The van der Waals surface area contributed by atoms with Crippen LogP contribution in [0.4, 0.5) is 8.78 Å². The minimum absolute atomic E-state index is 0.150. The summed E-state index contributed by atoms with van der Waals surface area (Å²) in [5.41, 5.74) is 0.168. The van der Waals surface area contributed by atoms with Crippen LogP contribution in [0.1, 0.15) is 11.6 Å². The van der Waals surface area contributed by atoms with E-state index in [1.165, 1.54) is 13.2 Å². The second-order valence-electron chi connectivity index (χ2n) is 4.46. The van der Waals surface area contributed by atoms with Crippen LogP contribution < -0.4 is 10.1 Å². The smallest absolute Gasteiger partial charge is 0.258 e. The van der Waals surface area contributed by atoms with Gasteiger partial charge in [-0.25, -0.2) is 8.78 Å². The van der Waals surface area contributed by atoms with E-state index in [9.17, 15) is 13.9 Å². The summed E-state index contributed by atoms with van der Waals surface area (Å²) in [7, 11) is 1.42. The number of benzene rings is 1. The molecule has 1 aromatic rings. The topological polar surface area (TPSA) is 44.7 Å². The third-order valence-electron chi connectivity index (χ3n) is 3.34. The number of phenolic OH excluding ortho intramolecular Hbond substituents is 1. The molecule has 0 saturated carbocycles. The molecule has 0 aromatic heterocycles. The lowest BCUT2D eigenvalue weighted by molar-refractivity contribution is 0.0158. The number of hydrogen-bond acceptors (Lipinski definition) is 4. The fraction of sp³-hybridized carbons (Fsp3) is 0.538. The average molecular weight is 272 g/mol. The molecule has 1 aliphatic heterocycles. The Labute approximate surface area is 111 Å². The molecule has 6 heteroatoms. The summed E-state index contributed by atoms with van der Waals surface area (Å²) < 4.78 is 32.0. The van der Waals surface area contributed by atoms with E-state index in [1.807, 2.05) is 0 Å². The molecule has 4 nitrogen and oxygen atoms in total. The first kappa shape index (κ1) is 14.0. The minimum atomic E-state index is -2.58. The number of alkyl halides is 2. The molecule has 19 heavy (non-hydrogen) atoms. The largest absolute Gasteiger partial charge is 0.507 e. The van der Waals surface area contributed by atoms with Gasteiger partial charge in [0.05, 0.1) is 12.7 Å². The monoisotopic (exact) mass is 272 g/mol. The van der Waals surface area contributed by atoms with E-state index in [2.05, 4.69) is 5.32 Å². The summed E-state index contributed by atoms with van der Waals surface area (Å²) in [4.78, 5) is 1.68. The first-order valence-corrected chi connectivity index (χ1v) is 6.24. The quantitative estimate of drug-likeness (QED) is 0.874. The molecule has 1 heterocycles. The molecule has 106 valence electrons. The molecule has 0 bridgehead atoms. The van der Waals surface area contributed by atoms with Crippen LogP contribution in [-0.2, 0) is 0 Å². The van der Waals surface area contributed by atoms with Crippen molar-refractivity contribution in [1.82, 2.24) is 10.2 Å². The van der Waals surface area contributed by atoms with Crippen molar-refractivity contribution in [3.8, 4) is 11.5 Å². The third kappa shape index (κ3) is 2.96. The van der Waals surface area contributed by atoms with Gasteiger partial charge in [-0.2, -0.15) is 0 Å². The Morgan fingerprint density at radius 1 is 1.32 bits per heavy atom. The summed E-state index contributed by atoms with van der Waals surface area (Å²) in [6.07, 6.45) is -2.58. The molecule has 1 saturated heterocycles. The zero-order chi connectivity index (χ0) is 13.8. The van der Waals surface area contributed by atoms with Crippen molar-refractivity contribution in [2.24, 2.45) is 0 Å². The molecular formula is C13H18F2N2O2. The number of piperazine rings is 1. The molecule has 0 amide bonds. The number of aromatic hydroxyl groups is 1. The maximum Gasteiger partial charge on any atom is 0.258 e. The van der Waals surface area contributed by atoms with Crippen molar-refractivity contribution < 1.29 is 18.6 Å². The fourth-order valence-corrected chi connectivity index (χ4v) is 2.44. The highest BCUT2D eigenvalue weighted by molar-refractivity contribution is 5.46. The van der Waals surface area contributed by atoms with Crippen molar-refractivity contribution >= 4 is 0 Å². The van der Waals surface area contributed by atoms with Crippen molar-refractivity contribution in [2.75, 3.05) is 33.3 Å². The maximum absolute atomic E-state index is 13.4. The van der Waals surface area contributed by atoms with Gasteiger partial charge in [-0.05, 0) is 12.1 Å². The summed E-state index contributed by atoms with van der Waals surface area (Å²) in [5, 5.41) is 13.0. The Hall–Kier alpha value is -1.40. The molecule has 1 atom stereocenters. The number of ether oxygens (including phenoxy) is 1. The SMILES string of the molecule is COc1cccc(O)c1[C@@H](C(F)F)N1CCNCC1. The van der Waals surface area contributed by atoms with Gasteiger partial charge in [0, 0.05) is 26.2 Å². The number of methoxy groups -OCH3 is 1. The van der Waals surface area contributed by atoms with Crippen LogP contribution in [0.3, 0.4) is 0 Å². The lowest BCUT2D eigenvalue weighted by Crippen LogP contribution is -2.47. The number of nitrogens with zero attached hydrogens (tertiary/aromatic N) is 1. The number of halogens is 2. The molecule has 1 fully saturated rings. The normalized spacial score (nSPS) is 18.5. The molecule has 0 spiro atoms. The molecular weight excluding hydrogens is 254 g/mol. The summed E-state index contributed by atoms with van der Waals surface area (Å²) >= 11 is 0. The van der Waals surface area contributed by atoms with E-state index in [1.54, 1.807) is 17.0 Å². The van der Waals surface area contributed by atoms with Crippen molar-refractivity contribution in [1.29, 1.82) is 0 Å². The zero-order valence-electron chi connectivity index (χ0n) is 10.8. The van der Waals surface area contributed by atoms with Gasteiger partial charge in [0.1, 0.15) is 17.5 Å². The molecule has 1 aromatic carbocycles. The van der Waals surface area contributed by atoms with Crippen molar-refractivity contribution in [3.05, 3.63) is 23.8 Å². The van der Waals surface area contributed by atoms with Gasteiger partial charge in [0.2, 0.25) is 0 Å². The van der Waals surface area contributed by atoms with E-state index < -0.39 is 12.5 Å². The Morgan fingerprint density at radius 2 is 2.00 bits per heavy atom. The molecule has 0 unspecified atom stereocenters. The second-order valence-corrected chi connectivity index (χ2v) is 4.46. The van der Waals surface area contributed by atoms with Crippen LogP contribution in [0.15, 0.2) is 18.2 Å². The lowest BCUT2D eigenvalue weighted by Gasteiger charge is -2.35. The first-order valence-electron chi connectivity index (χ1n) is 6.24. The number of hydrogen-bond donors (Lipinski definition) is 2. The molecule has 2 rings (SSSR count). The highest BCUT2D eigenvalue weighted by atomic mass is 19.3. The van der Waals surface area contributed by atoms with Crippen molar-refractivity contribution in [3.63, 3.8) is 0 Å². The zero-order valence-corrected chi connectivity index (χ0v) is 10.8. The second kappa shape index (κ2) is 6.16. The van der Waals surface area contributed by atoms with E-state index >= 15 is 0 Å². The molecule has 1 aliphatic rings. The van der Waals surface area contributed by atoms with Crippen LogP contribution in [-0.4, -0.2) is 49.7 Å². The Morgan fingerprint density at radius 3 is 2.58 bits per heavy atom. The van der Waals surface area contributed by atoms with Crippen LogP contribution in [0.25, 0.3) is 0 Å². The fourth-order valence-electron chi connectivity index (χ4n) is 2.44. The van der Waals surface area contributed by atoms with Crippen molar-refractivity contribution in [2.45, 2.75) is 12.5 Å². The molecule has 0 radical (unpaired) electrons. The van der Waals surface area contributed by atoms with Gasteiger partial charge >= 0.3 is 0 Å². The highest BCUT2D eigenvalue weighted by Crippen LogP contribution is 2.39. The summed E-state index contributed by atoms with van der Waals surface area (Å²) in [6.45, 7) is 2.37. The van der Waals surface area contributed by atoms with Gasteiger partial charge < -0.3 is 15.2 Å². The highest BCUT2D eigenvalue weighted by Gasteiger charge is 2.34. The van der Waals surface area contributed by atoms with Crippen LogP contribution >= 0.6 is 0 Å².